The minimum absolute atomic E-state index is 0.0124. The summed E-state index contributed by atoms with van der Waals surface area (Å²) in [6.07, 6.45) is 3.39. The molecule has 1 fully saturated rings. The Morgan fingerprint density at radius 2 is 1.84 bits per heavy atom. The van der Waals surface area contributed by atoms with Crippen molar-refractivity contribution in [3.8, 4) is 11.5 Å². The van der Waals surface area contributed by atoms with E-state index >= 15 is 0 Å². The van der Waals surface area contributed by atoms with Gasteiger partial charge in [-0.2, -0.15) is 0 Å². The molecule has 2 aliphatic heterocycles. The Morgan fingerprint density at radius 1 is 1.09 bits per heavy atom. The lowest BCUT2D eigenvalue weighted by Crippen LogP contribution is -2.39. The number of benzene rings is 2. The van der Waals surface area contributed by atoms with Crippen molar-refractivity contribution in [2.24, 2.45) is 5.92 Å². The zero-order chi connectivity index (χ0) is 22.4. The topological polar surface area (TPSA) is 76.1 Å². The minimum atomic E-state index is -0.580. The Labute approximate surface area is 187 Å². The molecule has 1 saturated carbocycles. The van der Waals surface area contributed by atoms with Gasteiger partial charge in [-0.1, -0.05) is 42.3 Å². The van der Waals surface area contributed by atoms with Crippen LogP contribution in [0.25, 0.3) is 0 Å². The van der Waals surface area contributed by atoms with E-state index in [9.17, 15) is 14.7 Å². The number of carbonyl (C=O) groups is 2. The first-order chi connectivity index (χ1) is 15.5. The van der Waals surface area contributed by atoms with Crippen LogP contribution >= 0.6 is 0 Å². The van der Waals surface area contributed by atoms with E-state index in [-0.39, 0.29) is 35.2 Å². The van der Waals surface area contributed by atoms with E-state index in [2.05, 4.69) is 0 Å². The number of Topliss-reactive ketones (excluding diaryl/α,β-unsaturated/α-hetero) is 1. The van der Waals surface area contributed by atoms with Gasteiger partial charge in [-0.25, -0.2) is 0 Å². The van der Waals surface area contributed by atoms with Crippen molar-refractivity contribution in [2.45, 2.75) is 51.3 Å². The lowest BCUT2D eigenvalue weighted by Gasteiger charge is -2.35. The maximum Gasteiger partial charge on any atom is 0.290 e. The molecular weight excluding hydrogens is 406 g/mol. The van der Waals surface area contributed by atoms with E-state index < -0.39 is 6.04 Å². The summed E-state index contributed by atoms with van der Waals surface area (Å²) in [6, 6.07) is 12.4. The number of nitrogens with zero attached hydrogens (tertiary/aromatic N) is 1. The van der Waals surface area contributed by atoms with Crippen molar-refractivity contribution in [3.05, 3.63) is 70.5 Å². The molecule has 3 unspecified atom stereocenters. The summed E-state index contributed by atoms with van der Waals surface area (Å²) < 4.78 is 11.5. The molecule has 6 nitrogen and oxygen atoms in total. The van der Waals surface area contributed by atoms with Crippen LogP contribution in [0.2, 0.25) is 0 Å². The highest BCUT2D eigenvalue weighted by Crippen LogP contribution is 2.48. The molecule has 2 aromatic carbocycles. The van der Waals surface area contributed by atoms with Crippen LogP contribution in [-0.4, -0.2) is 34.9 Å². The van der Waals surface area contributed by atoms with Gasteiger partial charge in [0.15, 0.2) is 23.0 Å². The summed E-state index contributed by atoms with van der Waals surface area (Å²) in [5, 5.41) is 10.1. The molecule has 0 spiro atoms. The smallest absolute Gasteiger partial charge is 0.290 e. The summed E-state index contributed by atoms with van der Waals surface area (Å²) in [5.74, 6) is 0.0820. The predicted molar refractivity (Wildman–Crippen MR) is 118 cm³/mol. The maximum atomic E-state index is 13.6. The van der Waals surface area contributed by atoms with Gasteiger partial charge in [0, 0.05) is 6.54 Å². The van der Waals surface area contributed by atoms with Crippen molar-refractivity contribution < 1.29 is 24.2 Å². The molecular formula is C26H27NO5. The van der Waals surface area contributed by atoms with E-state index in [4.69, 9.17) is 9.47 Å². The van der Waals surface area contributed by atoms with Crippen molar-refractivity contribution >= 4 is 11.7 Å². The lowest BCUT2D eigenvalue weighted by atomic mass is 9.77. The third-order valence-electron chi connectivity index (χ3n) is 6.85. The number of fused-ring (bicyclic) bond motifs is 1. The Morgan fingerprint density at radius 3 is 2.59 bits per heavy atom. The molecule has 5 rings (SSSR count). The average Bonchev–Trinajstić information content (AvgIpc) is 3.08. The first-order valence-electron chi connectivity index (χ1n) is 11.2. The molecule has 0 saturated heterocycles. The molecule has 6 heteroatoms. The van der Waals surface area contributed by atoms with Gasteiger partial charge in [-0.15, -0.1) is 0 Å². The predicted octanol–water partition coefficient (Wildman–Crippen LogP) is 4.20. The molecule has 2 heterocycles. The summed E-state index contributed by atoms with van der Waals surface area (Å²) >= 11 is 0. The SMILES string of the molecule is COc1cc(C2C3=C(OC4CCCCC4C3=O)C(=O)N2Cc2ccc(C)cc2)ccc1O. The fourth-order valence-corrected chi connectivity index (χ4v) is 5.16. The molecule has 3 aliphatic rings. The molecule has 0 radical (unpaired) electrons. The standard InChI is InChI=1S/C26H27NO5/c1-15-7-9-16(10-8-15)14-27-23(17-11-12-19(28)21(13-17)31-2)22-24(29)18-5-3-4-6-20(18)32-25(22)26(27)30/h7-13,18,20,23,28H,3-6,14H2,1-2H3. The highest BCUT2D eigenvalue weighted by molar-refractivity contribution is 6.11. The average molecular weight is 434 g/mol. The number of ketones is 1. The number of rotatable bonds is 4. The second-order valence-electron chi connectivity index (χ2n) is 8.91. The monoisotopic (exact) mass is 433 g/mol. The largest absolute Gasteiger partial charge is 0.504 e. The number of hydrogen-bond acceptors (Lipinski definition) is 5. The van der Waals surface area contributed by atoms with Gasteiger partial charge in [-0.05, 0) is 49.4 Å². The van der Waals surface area contributed by atoms with Crippen LogP contribution in [0.3, 0.4) is 0 Å². The van der Waals surface area contributed by atoms with E-state index in [1.54, 1.807) is 23.1 Å². The number of amides is 1. The Kier molecular flexibility index (Phi) is 5.16. The van der Waals surface area contributed by atoms with Gasteiger partial charge < -0.3 is 19.5 Å². The molecule has 2 aromatic rings. The van der Waals surface area contributed by atoms with Crippen LogP contribution in [0.1, 0.15) is 48.4 Å². The Balaban J connectivity index is 1.60. The lowest BCUT2D eigenvalue weighted by molar-refractivity contribution is -0.135. The molecule has 1 N–H and O–H groups in total. The van der Waals surface area contributed by atoms with Crippen LogP contribution in [-0.2, 0) is 20.9 Å². The molecule has 166 valence electrons. The summed E-state index contributed by atoms with van der Waals surface area (Å²) in [5.41, 5.74) is 3.28. The number of aromatic hydroxyl groups is 1. The summed E-state index contributed by atoms with van der Waals surface area (Å²) in [6.45, 7) is 2.37. The number of hydrogen-bond donors (Lipinski definition) is 1. The third kappa shape index (κ3) is 3.34. The van der Waals surface area contributed by atoms with Crippen LogP contribution in [0.4, 0.5) is 0 Å². The molecule has 1 aliphatic carbocycles. The van der Waals surface area contributed by atoms with Crippen molar-refractivity contribution in [1.82, 2.24) is 4.90 Å². The van der Waals surface area contributed by atoms with Crippen molar-refractivity contribution in [1.29, 1.82) is 0 Å². The maximum absolute atomic E-state index is 13.6. The zero-order valence-electron chi connectivity index (χ0n) is 18.3. The number of aryl methyl sites for hydroxylation is 1. The van der Waals surface area contributed by atoms with Gasteiger partial charge in [0.25, 0.3) is 5.91 Å². The van der Waals surface area contributed by atoms with Gasteiger partial charge in [0.1, 0.15) is 6.10 Å². The normalized spacial score (nSPS) is 24.8. The fraction of sp³-hybridized carbons (Fsp3) is 0.385. The van der Waals surface area contributed by atoms with Crippen LogP contribution < -0.4 is 4.74 Å². The molecule has 32 heavy (non-hydrogen) atoms. The zero-order valence-corrected chi connectivity index (χ0v) is 18.3. The van der Waals surface area contributed by atoms with E-state index in [1.165, 1.54) is 7.11 Å². The van der Waals surface area contributed by atoms with Crippen LogP contribution in [0.5, 0.6) is 11.5 Å². The first-order valence-corrected chi connectivity index (χ1v) is 11.2. The van der Waals surface area contributed by atoms with E-state index in [0.717, 1.165) is 42.4 Å². The van der Waals surface area contributed by atoms with Gasteiger partial charge in [0.05, 0.1) is 24.6 Å². The highest BCUT2D eigenvalue weighted by Gasteiger charge is 2.51. The van der Waals surface area contributed by atoms with Crippen LogP contribution in [0.15, 0.2) is 53.8 Å². The quantitative estimate of drug-likeness (QED) is 0.782. The Bertz CT molecular complexity index is 1100. The number of phenols is 1. The number of phenolic OH excluding ortho intramolecular Hbond substituents is 1. The van der Waals surface area contributed by atoms with Gasteiger partial charge >= 0.3 is 0 Å². The Hall–Kier alpha value is -3.28. The summed E-state index contributed by atoms with van der Waals surface area (Å²) in [7, 11) is 1.48. The number of ether oxygens (including phenoxy) is 2. The molecule has 3 atom stereocenters. The van der Waals surface area contributed by atoms with Gasteiger partial charge in [0.2, 0.25) is 0 Å². The van der Waals surface area contributed by atoms with E-state index in [0.29, 0.717) is 17.9 Å². The molecule has 0 bridgehead atoms. The first kappa shape index (κ1) is 20.6. The number of methoxy groups -OCH3 is 1. The molecule has 1 amide bonds. The summed E-state index contributed by atoms with van der Waals surface area (Å²) in [4.78, 5) is 28.9. The fourth-order valence-electron chi connectivity index (χ4n) is 5.16. The van der Waals surface area contributed by atoms with E-state index in [1.807, 2.05) is 31.2 Å². The highest BCUT2D eigenvalue weighted by atomic mass is 16.5. The van der Waals surface area contributed by atoms with Gasteiger partial charge in [-0.3, -0.25) is 9.59 Å². The van der Waals surface area contributed by atoms with Crippen molar-refractivity contribution in [2.75, 3.05) is 7.11 Å². The second-order valence-corrected chi connectivity index (χ2v) is 8.91. The minimum Gasteiger partial charge on any atom is -0.504 e. The van der Waals surface area contributed by atoms with Crippen molar-refractivity contribution in [3.63, 3.8) is 0 Å². The van der Waals surface area contributed by atoms with Crippen LogP contribution in [0, 0.1) is 12.8 Å². The number of carbonyl (C=O) groups excluding carboxylic acids is 2. The molecule has 0 aromatic heterocycles. The second kappa shape index (κ2) is 8.01. The third-order valence-corrected chi connectivity index (χ3v) is 6.85.